The highest BCUT2D eigenvalue weighted by atomic mass is 32.2. The number of hydrogen-bond acceptors (Lipinski definition) is 4. The Morgan fingerprint density at radius 3 is 2.48 bits per heavy atom. The Morgan fingerprint density at radius 1 is 1.10 bits per heavy atom. The summed E-state index contributed by atoms with van der Waals surface area (Å²) >= 11 is 0. The zero-order chi connectivity index (χ0) is 20.8. The van der Waals surface area contributed by atoms with E-state index in [1.54, 1.807) is 0 Å². The second-order valence-electron chi connectivity index (χ2n) is 8.76. The average molecular weight is 460 g/mol. The normalized spacial score (nSPS) is 21.4. The van der Waals surface area contributed by atoms with E-state index >= 15 is 0 Å². The first-order valence-corrected chi connectivity index (χ1v) is 12.3. The number of hydrogen-bond donors (Lipinski definition) is 2. The fraction of sp³-hybridized carbons (Fsp3) is 0.435. The van der Waals surface area contributed by atoms with Gasteiger partial charge in [-0.05, 0) is 61.5 Å². The van der Waals surface area contributed by atoms with Gasteiger partial charge in [0.05, 0.1) is 22.9 Å². The minimum atomic E-state index is -3.29. The lowest BCUT2D eigenvalue weighted by molar-refractivity contribution is -0.124. The van der Waals surface area contributed by atoms with E-state index in [4.69, 9.17) is 0 Å². The van der Waals surface area contributed by atoms with E-state index in [0.29, 0.717) is 5.69 Å². The van der Waals surface area contributed by atoms with Crippen LogP contribution in [0.15, 0.2) is 48.5 Å². The van der Waals surface area contributed by atoms with E-state index in [1.165, 1.54) is 12.8 Å². The van der Waals surface area contributed by atoms with Gasteiger partial charge in [-0.3, -0.25) is 9.52 Å². The number of nitrogens with one attached hydrogen (secondary N) is 2. The van der Waals surface area contributed by atoms with Crippen LogP contribution in [-0.4, -0.2) is 38.9 Å². The highest BCUT2D eigenvalue weighted by Crippen LogP contribution is 2.50. The maximum atomic E-state index is 13.4. The van der Waals surface area contributed by atoms with Crippen molar-refractivity contribution < 1.29 is 13.2 Å². The summed E-state index contributed by atoms with van der Waals surface area (Å²) in [6.07, 6.45) is 4.00. The molecular formula is C23H29N3O3S2. The van der Waals surface area contributed by atoms with Gasteiger partial charge in [0.2, 0.25) is 15.9 Å². The number of fused-ring (bicyclic) bond motifs is 1. The fourth-order valence-electron chi connectivity index (χ4n) is 4.71. The molecule has 0 radical (unpaired) electrons. The molecule has 166 valence electrons. The van der Waals surface area contributed by atoms with Gasteiger partial charge in [-0.15, -0.1) is 0 Å². The molecule has 2 heterocycles. The van der Waals surface area contributed by atoms with Crippen molar-refractivity contribution in [3.8, 4) is 0 Å². The monoisotopic (exact) mass is 459 g/mol. The number of likely N-dealkylation sites (tertiary alicyclic amines) is 1. The lowest BCUT2D eigenvalue weighted by Gasteiger charge is -2.27. The second-order valence-corrected chi connectivity index (χ2v) is 10.5. The highest BCUT2D eigenvalue weighted by molar-refractivity contribution is 7.92. The third-order valence-electron chi connectivity index (χ3n) is 6.60. The van der Waals surface area contributed by atoms with Crippen LogP contribution < -0.4 is 10.0 Å². The van der Waals surface area contributed by atoms with Crippen molar-refractivity contribution in [2.45, 2.75) is 42.9 Å². The number of rotatable bonds is 6. The second kappa shape index (κ2) is 8.48. The molecule has 1 saturated carbocycles. The topological polar surface area (TPSA) is 78.5 Å². The molecule has 31 heavy (non-hydrogen) atoms. The van der Waals surface area contributed by atoms with Gasteiger partial charge in [-0.2, -0.15) is 13.5 Å². The van der Waals surface area contributed by atoms with Crippen molar-refractivity contribution in [3.05, 3.63) is 65.2 Å². The van der Waals surface area contributed by atoms with Crippen LogP contribution in [0.3, 0.4) is 0 Å². The molecule has 2 fully saturated rings. The minimum absolute atomic E-state index is 0. The molecule has 0 aromatic heterocycles. The largest absolute Gasteiger partial charge is 0.347 e. The van der Waals surface area contributed by atoms with Gasteiger partial charge >= 0.3 is 0 Å². The van der Waals surface area contributed by atoms with Crippen LogP contribution in [0, 0.1) is 0 Å². The van der Waals surface area contributed by atoms with Gasteiger partial charge in [0.1, 0.15) is 0 Å². The highest BCUT2D eigenvalue weighted by Gasteiger charge is 2.52. The van der Waals surface area contributed by atoms with Crippen LogP contribution >= 0.6 is 13.5 Å². The molecule has 8 heteroatoms. The predicted molar refractivity (Wildman–Crippen MR) is 127 cm³/mol. The van der Waals surface area contributed by atoms with E-state index in [-0.39, 0.29) is 31.2 Å². The van der Waals surface area contributed by atoms with Gasteiger partial charge in [0, 0.05) is 6.54 Å². The molecule has 5 rings (SSSR count). The summed E-state index contributed by atoms with van der Waals surface area (Å²) in [5, 5.41) is 3.33. The van der Waals surface area contributed by atoms with E-state index in [0.717, 1.165) is 49.2 Å². The lowest BCUT2D eigenvalue weighted by atomic mass is 9.92. The molecule has 2 N–H and O–H groups in total. The van der Waals surface area contributed by atoms with E-state index in [2.05, 4.69) is 27.1 Å². The summed E-state index contributed by atoms with van der Waals surface area (Å²) in [4.78, 5) is 15.9. The van der Waals surface area contributed by atoms with E-state index < -0.39 is 15.4 Å². The van der Waals surface area contributed by atoms with E-state index in [9.17, 15) is 13.2 Å². The molecule has 0 bridgehead atoms. The van der Waals surface area contributed by atoms with Crippen molar-refractivity contribution in [2.75, 3.05) is 24.4 Å². The number of carbonyl (C=O) groups is 1. The number of nitrogens with zero attached hydrogens (tertiary/aromatic N) is 1. The third-order valence-corrected chi connectivity index (χ3v) is 7.83. The molecule has 1 aliphatic carbocycles. The number of amides is 1. The summed E-state index contributed by atoms with van der Waals surface area (Å²) in [5.74, 6) is 0.0460. The average Bonchev–Trinajstić information content (AvgIpc) is 3.26. The standard InChI is InChI=1S/C23H27N3O3S.H2S/c27-22(24-21(15-26-12-4-5-13-26)17-6-2-1-3-7-17)23(10-11-23)19-9-8-18-16-30(28,29)25-20(18)14-19;/h1-3,6-9,14,21,25H,4-5,10-13,15-16H2,(H,24,27);1H2/t21-;/m1./s1. The summed E-state index contributed by atoms with van der Waals surface area (Å²) in [7, 11) is -3.29. The van der Waals surface area contributed by atoms with Gasteiger partial charge < -0.3 is 10.2 Å². The van der Waals surface area contributed by atoms with Gasteiger partial charge in [0.15, 0.2) is 0 Å². The SMILES string of the molecule is O=C(N[C@H](CN1CCCC1)c1ccccc1)C1(c2ccc3c(c2)NS(=O)(=O)C3)CC1.S. The van der Waals surface area contributed by atoms with Crippen molar-refractivity contribution in [1.82, 2.24) is 10.2 Å². The van der Waals surface area contributed by atoms with Gasteiger partial charge in [-0.25, -0.2) is 8.42 Å². The number of sulfonamides is 1. The Bertz CT molecular complexity index is 1060. The summed E-state index contributed by atoms with van der Waals surface area (Å²) in [5.41, 5.74) is 2.85. The zero-order valence-electron chi connectivity index (χ0n) is 17.4. The smallest absolute Gasteiger partial charge is 0.237 e. The molecule has 3 aliphatic rings. The lowest BCUT2D eigenvalue weighted by Crippen LogP contribution is -2.41. The molecular weight excluding hydrogens is 430 g/mol. The van der Waals surface area contributed by atoms with Gasteiger partial charge in [-0.1, -0.05) is 42.5 Å². The molecule has 0 spiro atoms. The van der Waals surface area contributed by atoms with Crippen LogP contribution in [0.25, 0.3) is 0 Å². The first-order chi connectivity index (χ1) is 14.5. The first-order valence-electron chi connectivity index (χ1n) is 10.7. The predicted octanol–water partition coefficient (Wildman–Crippen LogP) is 3.04. The molecule has 6 nitrogen and oxygen atoms in total. The molecule has 1 amide bonds. The molecule has 2 aromatic carbocycles. The molecule has 2 aliphatic heterocycles. The zero-order valence-corrected chi connectivity index (χ0v) is 19.2. The van der Waals surface area contributed by atoms with E-state index in [1.807, 2.05) is 36.4 Å². The summed E-state index contributed by atoms with van der Waals surface area (Å²) in [6.45, 7) is 2.97. The number of benzene rings is 2. The summed E-state index contributed by atoms with van der Waals surface area (Å²) in [6, 6.07) is 15.7. The molecule has 1 saturated heterocycles. The van der Waals surface area contributed by atoms with Gasteiger partial charge in [0.25, 0.3) is 0 Å². The van der Waals surface area contributed by atoms with Crippen LogP contribution in [0.4, 0.5) is 5.69 Å². The number of anilines is 1. The molecule has 1 atom stereocenters. The van der Waals surface area contributed by atoms with Crippen molar-refractivity contribution in [3.63, 3.8) is 0 Å². The quantitative estimate of drug-likeness (QED) is 0.696. The van der Waals surface area contributed by atoms with Crippen molar-refractivity contribution >= 4 is 35.1 Å². The number of carbonyl (C=O) groups excluding carboxylic acids is 1. The third kappa shape index (κ3) is 4.47. The Balaban J connectivity index is 0.00000231. The van der Waals surface area contributed by atoms with Crippen LogP contribution in [0.5, 0.6) is 0 Å². The molecule has 0 unspecified atom stereocenters. The van der Waals surface area contributed by atoms with Crippen molar-refractivity contribution in [2.24, 2.45) is 0 Å². The first kappa shape index (κ1) is 22.2. The Kier molecular flexibility index (Phi) is 6.07. The Labute approximate surface area is 190 Å². The van der Waals surface area contributed by atoms with Crippen LogP contribution in [0.2, 0.25) is 0 Å². The summed E-state index contributed by atoms with van der Waals surface area (Å²) < 4.78 is 26.3. The molecule has 2 aromatic rings. The fourth-order valence-corrected chi connectivity index (χ4v) is 5.97. The van der Waals surface area contributed by atoms with Crippen molar-refractivity contribution in [1.29, 1.82) is 0 Å². The minimum Gasteiger partial charge on any atom is -0.347 e. The Morgan fingerprint density at radius 2 is 1.81 bits per heavy atom. The van der Waals surface area contributed by atoms with Crippen LogP contribution in [0.1, 0.15) is 48.4 Å². The van der Waals surface area contributed by atoms with Crippen LogP contribution in [-0.2, 0) is 26.0 Å². The maximum Gasteiger partial charge on any atom is 0.237 e. The Hall–Kier alpha value is -2.03. The maximum absolute atomic E-state index is 13.4.